The molecule has 0 spiro atoms. The first kappa shape index (κ1) is 15.5. The number of carbonyl (C=O) groups is 2. The Morgan fingerprint density at radius 2 is 2.16 bits per heavy atom. The van der Waals surface area contributed by atoms with Crippen LogP contribution in [0.15, 0.2) is 18.2 Å². The minimum Gasteiger partial charge on any atom is -0.478 e. The van der Waals surface area contributed by atoms with Crippen LogP contribution >= 0.6 is 11.8 Å². The maximum atomic E-state index is 11.6. The molecule has 0 aromatic heterocycles. The molecule has 0 aliphatic carbocycles. The zero-order valence-corrected chi connectivity index (χ0v) is 11.8. The summed E-state index contributed by atoms with van der Waals surface area (Å²) in [6.07, 6.45) is 0. The fraction of sp³-hybridized carbons (Fsp3) is 0.385. The van der Waals surface area contributed by atoms with Crippen molar-refractivity contribution < 1.29 is 19.4 Å². The third kappa shape index (κ3) is 5.32. The lowest BCUT2D eigenvalue weighted by Gasteiger charge is -2.07. The van der Waals surface area contributed by atoms with Gasteiger partial charge in [0.2, 0.25) is 5.91 Å². The second-order valence-corrected chi connectivity index (χ2v) is 5.03. The van der Waals surface area contributed by atoms with E-state index in [0.29, 0.717) is 23.6 Å². The van der Waals surface area contributed by atoms with Crippen molar-refractivity contribution in [2.45, 2.75) is 6.92 Å². The van der Waals surface area contributed by atoms with E-state index in [1.54, 1.807) is 26.2 Å². The lowest BCUT2D eigenvalue weighted by molar-refractivity contribution is -0.113. The molecule has 104 valence electrons. The number of thioether (sulfide) groups is 1. The first-order chi connectivity index (χ1) is 9.04. The van der Waals surface area contributed by atoms with Gasteiger partial charge in [-0.1, -0.05) is 0 Å². The number of amides is 1. The molecule has 2 N–H and O–H groups in total. The van der Waals surface area contributed by atoms with Gasteiger partial charge in [-0.2, -0.15) is 0 Å². The van der Waals surface area contributed by atoms with Gasteiger partial charge in [0.05, 0.1) is 17.9 Å². The zero-order chi connectivity index (χ0) is 14.3. The van der Waals surface area contributed by atoms with E-state index in [-0.39, 0.29) is 11.5 Å². The van der Waals surface area contributed by atoms with Crippen molar-refractivity contribution in [3.63, 3.8) is 0 Å². The van der Waals surface area contributed by atoms with Gasteiger partial charge in [-0.3, -0.25) is 4.79 Å². The summed E-state index contributed by atoms with van der Waals surface area (Å²) in [5.41, 5.74) is 1.48. The summed E-state index contributed by atoms with van der Waals surface area (Å²) < 4.78 is 4.89. The maximum absolute atomic E-state index is 11.6. The number of carbonyl (C=O) groups excluding carboxylic acids is 1. The van der Waals surface area contributed by atoms with Crippen molar-refractivity contribution in [2.75, 3.05) is 30.5 Å². The molecule has 6 heteroatoms. The van der Waals surface area contributed by atoms with Crippen LogP contribution in [0.25, 0.3) is 0 Å². The number of methoxy groups -OCH3 is 1. The lowest BCUT2D eigenvalue weighted by Crippen LogP contribution is -2.15. The van der Waals surface area contributed by atoms with Crippen molar-refractivity contribution >= 4 is 29.3 Å². The SMILES string of the molecule is COCCSCC(=O)Nc1ccc(C(=O)O)c(C)c1. The first-order valence-electron chi connectivity index (χ1n) is 5.75. The number of aryl methyl sites for hydroxylation is 1. The van der Waals surface area contributed by atoms with E-state index >= 15 is 0 Å². The van der Waals surface area contributed by atoms with Crippen molar-refractivity contribution in [1.29, 1.82) is 0 Å². The Bertz CT molecular complexity index is 462. The standard InChI is InChI=1S/C13H17NO4S/c1-9-7-10(3-4-11(9)13(16)17)14-12(15)8-19-6-5-18-2/h3-4,7H,5-6,8H2,1-2H3,(H,14,15)(H,16,17). The van der Waals surface area contributed by atoms with Crippen LogP contribution in [0.1, 0.15) is 15.9 Å². The molecule has 0 radical (unpaired) electrons. The highest BCUT2D eigenvalue weighted by atomic mass is 32.2. The molecular formula is C13H17NO4S. The van der Waals surface area contributed by atoms with E-state index in [9.17, 15) is 9.59 Å². The molecular weight excluding hydrogens is 266 g/mol. The lowest BCUT2D eigenvalue weighted by atomic mass is 10.1. The Kier molecular flexibility index (Phi) is 6.38. The van der Waals surface area contributed by atoms with Gasteiger partial charge in [-0.15, -0.1) is 11.8 Å². The third-order valence-electron chi connectivity index (χ3n) is 2.41. The molecule has 0 fully saturated rings. The average Bonchev–Trinajstić information content (AvgIpc) is 2.34. The fourth-order valence-corrected chi connectivity index (χ4v) is 2.17. The van der Waals surface area contributed by atoms with Crippen LogP contribution in [-0.2, 0) is 9.53 Å². The quantitative estimate of drug-likeness (QED) is 0.749. The van der Waals surface area contributed by atoms with Crippen LogP contribution in [0.2, 0.25) is 0 Å². The molecule has 0 saturated heterocycles. The fourth-order valence-electron chi connectivity index (χ4n) is 1.49. The van der Waals surface area contributed by atoms with Gasteiger partial charge >= 0.3 is 5.97 Å². The highest BCUT2D eigenvalue weighted by Crippen LogP contribution is 2.15. The Labute approximate surface area is 116 Å². The van der Waals surface area contributed by atoms with E-state index in [1.807, 2.05) is 0 Å². The maximum Gasteiger partial charge on any atom is 0.335 e. The third-order valence-corrected chi connectivity index (χ3v) is 3.33. The van der Waals surface area contributed by atoms with Gasteiger partial charge in [-0.05, 0) is 30.7 Å². The molecule has 1 amide bonds. The van der Waals surface area contributed by atoms with Crippen LogP contribution in [-0.4, -0.2) is 42.2 Å². The monoisotopic (exact) mass is 283 g/mol. The molecule has 1 aromatic carbocycles. The summed E-state index contributed by atoms with van der Waals surface area (Å²) in [5, 5.41) is 11.6. The molecule has 0 saturated carbocycles. The second-order valence-electron chi connectivity index (χ2n) is 3.93. The first-order valence-corrected chi connectivity index (χ1v) is 6.90. The topological polar surface area (TPSA) is 75.6 Å². The predicted molar refractivity (Wildman–Crippen MR) is 76.0 cm³/mol. The number of rotatable bonds is 7. The van der Waals surface area contributed by atoms with Gasteiger partial charge in [0.1, 0.15) is 0 Å². The van der Waals surface area contributed by atoms with E-state index in [2.05, 4.69) is 5.32 Å². The van der Waals surface area contributed by atoms with E-state index in [4.69, 9.17) is 9.84 Å². The Balaban J connectivity index is 2.51. The molecule has 5 nitrogen and oxygen atoms in total. The second kappa shape index (κ2) is 7.81. The number of anilines is 1. The Morgan fingerprint density at radius 1 is 1.42 bits per heavy atom. The van der Waals surface area contributed by atoms with E-state index < -0.39 is 5.97 Å². The summed E-state index contributed by atoms with van der Waals surface area (Å²) in [6, 6.07) is 4.74. The summed E-state index contributed by atoms with van der Waals surface area (Å²) in [7, 11) is 1.62. The summed E-state index contributed by atoms with van der Waals surface area (Å²) in [4.78, 5) is 22.5. The Hall–Kier alpha value is -1.53. The molecule has 0 atom stereocenters. The molecule has 0 bridgehead atoms. The van der Waals surface area contributed by atoms with Crippen molar-refractivity contribution in [2.24, 2.45) is 0 Å². The average molecular weight is 283 g/mol. The zero-order valence-electron chi connectivity index (χ0n) is 10.9. The highest BCUT2D eigenvalue weighted by molar-refractivity contribution is 7.99. The molecule has 19 heavy (non-hydrogen) atoms. The van der Waals surface area contributed by atoms with Gasteiger partial charge in [-0.25, -0.2) is 4.79 Å². The molecule has 1 aromatic rings. The van der Waals surface area contributed by atoms with Crippen LogP contribution in [0.5, 0.6) is 0 Å². The Morgan fingerprint density at radius 3 is 2.74 bits per heavy atom. The largest absolute Gasteiger partial charge is 0.478 e. The molecule has 0 aliphatic heterocycles. The van der Waals surface area contributed by atoms with Crippen molar-refractivity contribution in [1.82, 2.24) is 0 Å². The highest BCUT2D eigenvalue weighted by Gasteiger charge is 2.08. The van der Waals surface area contributed by atoms with Crippen LogP contribution in [0.3, 0.4) is 0 Å². The number of carboxylic acids is 1. The molecule has 0 unspecified atom stereocenters. The van der Waals surface area contributed by atoms with E-state index in [0.717, 1.165) is 5.75 Å². The van der Waals surface area contributed by atoms with Gasteiger partial charge < -0.3 is 15.2 Å². The van der Waals surface area contributed by atoms with Gasteiger partial charge in [0.15, 0.2) is 0 Å². The number of aromatic carboxylic acids is 1. The molecule has 0 heterocycles. The van der Waals surface area contributed by atoms with Crippen LogP contribution in [0, 0.1) is 6.92 Å². The predicted octanol–water partition coefficient (Wildman–Crippen LogP) is 2.01. The van der Waals surface area contributed by atoms with Crippen molar-refractivity contribution in [3.05, 3.63) is 29.3 Å². The number of hydrogen-bond donors (Lipinski definition) is 2. The minimum absolute atomic E-state index is 0.108. The van der Waals surface area contributed by atoms with Crippen LogP contribution in [0.4, 0.5) is 5.69 Å². The summed E-state index contributed by atoms with van der Waals surface area (Å²) >= 11 is 1.49. The van der Waals surface area contributed by atoms with Gasteiger partial charge in [0, 0.05) is 18.6 Å². The van der Waals surface area contributed by atoms with Crippen molar-refractivity contribution in [3.8, 4) is 0 Å². The summed E-state index contributed by atoms with van der Waals surface area (Å²) in [6.45, 7) is 2.32. The molecule has 0 aliphatic rings. The number of carboxylic acid groups (broad SMARTS) is 1. The summed E-state index contributed by atoms with van der Waals surface area (Å²) in [5.74, 6) is 0.0401. The number of nitrogens with one attached hydrogen (secondary N) is 1. The minimum atomic E-state index is -0.967. The number of hydrogen-bond acceptors (Lipinski definition) is 4. The normalized spacial score (nSPS) is 10.2. The smallest absolute Gasteiger partial charge is 0.335 e. The number of benzene rings is 1. The van der Waals surface area contributed by atoms with E-state index in [1.165, 1.54) is 17.8 Å². The van der Waals surface area contributed by atoms with Gasteiger partial charge in [0.25, 0.3) is 0 Å². The number of ether oxygens (including phenoxy) is 1. The van der Waals surface area contributed by atoms with Crippen LogP contribution < -0.4 is 5.32 Å². The molecule has 1 rings (SSSR count).